The van der Waals surface area contributed by atoms with E-state index in [-0.39, 0.29) is 12.3 Å². The van der Waals surface area contributed by atoms with Crippen LogP contribution in [-0.2, 0) is 16.0 Å². The Morgan fingerprint density at radius 2 is 1.77 bits per heavy atom. The molecule has 2 aromatic rings. The van der Waals surface area contributed by atoms with Crippen LogP contribution in [0.25, 0.3) is 11.1 Å². The minimum atomic E-state index is -0.795. The van der Waals surface area contributed by atoms with Crippen LogP contribution in [0.4, 0.5) is 0 Å². The zero-order valence-corrected chi connectivity index (χ0v) is 14.6. The average Bonchev–Trinajstić information content (AvgIpc) is 2.99. The SMILES string of the molecule is O=C(O)CCCCCC(=O)N/N=C/c1ccc2c(c1)Cc1ccccc1-2. The van der Waals surface area contributed by atoms with Crippen LogP contribution in [0.1, 0.15) is 48.8 Å². The lowest BCUT2D eigenvalue weighted by molar-refractivity contribution is -0.137. The fourth-order valence-electron chi connectivity index (χ4n) is 3.22. The topological polar surface area (TPSA) is 78.8 Å². The third-order valence-electron chi connectivity index (χ3n) is 4.52. The Morgan fingerprint density at radius 3 is 2.62 bits per heavy atom. The highest BCUT2D eigenvalue weighted by atomic mass is 16.4. The Hall–Kier alpha value is -2.95. The molecule has 2 aromatic carbocycles. The van der Waals surface area contributed by atoms with E-state index in [0.717, 1.165) is 18.4 Å². The van der Waals surface area contributed by atoms with Gasteiger partial charge in [0.2, 0.25) is 5.91 Å². The lowest BCUT2D eigenvalue weighted by atomic mass is 10.0. The summed E-state index contributed by atoms with van der Waals surface area (Å²) < 4.78 is 0. The normalized spacial score (nSPS) is 12.0. The standard InChI is InChI=1S/C21H22N2O3/c24-20(8-2-1-3-9-21(25)26)23-22-14-15-10-11-19-17(12-15)13-16-6-4-5-7-18(16)19/h4-7,10-12,14H,1-3,8-9,13H2,(H,23,24)(H,25,26)/b22-14+. The van der Waals surface area contributed by atoms with Crippen molar-refractivity contribution in [2.24, 2.45) is 5.10 Å². The van der Waals surface area contributed by atoms with Crippen molar-refractivity contribution in [3.05, 3.63) is 59.2 Å². The molecule has 26 heavy (non-hydrogen) atoms. The van der Waals surface area contributed by atoms with Gasteiger partial charge in [0.25, 0.3) is 0 Å². The maximum Gasteiger partial charge on any atom is 0.303 e. The lowest BCUT2D eigenvalue weighted by Crippen LogP contribution is -2.16. The summed E-state index contributed by atoms with van der Waals surface area (Å²) in [5.41, 5.74) is 8.67. The molecule has 0 saturated heterocycles. The summed E-state index contributed by atoms with van der Waals surface area (Å²) in [5, 5.41) is 12.6. The van der Waals surface area contributed by atoms with Gasteiger partial charge < -0.3 is 5.11 Å². The first kappa shape index (κ1) is 17.9. The van der Waals surface area contributed by atoms with Gasteiger partial charge in [0, 0.05) is 12.8 Å². The highest BCUT2D eigenvalue weighted by Gasteiger charge is 2.17. The second-order valence-corrected chi connectivity index (χ2v) is 6.50. The summed E-state index contributed by atoms with van der Waals surface area (Å²) in [6.45, 7) is 0. The molecule has 0 unspecified atom stereocenters. The van der Waals surface area contributed by atoms with Crippen LogP contribution < -0.4 is 5.43 Å². The number of carbonyl (C=O) groups is 2. The summed E-state index contributed by atoms with van der Waals surface area (Å²) in [6.07, 6.45) is 5.10. The summed E-state index contributed by atoms with van der Waals surface area (Å²) in [4.78, 5) is 22.1. The lowest BCUT2D eigenvalue weighted by Gasteiger charge is -2.02. The summed E-state index contributed by atoms with van der Waals surface area (Å²) in [5.74, 6) is -0.943. The molecule has 0 heterocycles. The van der Waals surface area contributed by atoms with E-state index >= 15 is 0 Å². The molecule has 0 atom stereocenters. The monoisotopic (exact) mass is 350 g/mol. The molecule has 1 aliphatic carbocycles. The van der Waals surface area contributed by atoms with Crippen molar-refractivity contribution in [2.75, 3.05) is 0 Å². The molecule has 0 saturated carbocycles. The number of hydrogen-bond donors (Lipinski definition) is 2. The second kappa shape index (κ2) is 8.43. The molecular weight excluding hydrogens is 328 g/mol. The van der Waals surface area contributed by atoms with E-state index in [0.29, 0.717) is 19.3 Å². The minimum absolute atomic E-state index is 0.148. The van der Waals surface area contributed by atoms with Crippen LogP contribution in [0.2, 0.25) is 0 Å². The molecule has 0 aliphatic heterocycles. The molecule has 134 valence electrons. The molecule has 0 radical (unpaired) electrons. The van der Waals surface area contributed by atoms with Crippen molar-refractivity contribution in [1.29, 1.82) is 0 Å². The highest BCUT2D eigenvalue weighted by Crippen LogP contribution is 2.36. The minimum Gasteiger partial charge on any atom is -0.481 e. The van der Waals surface area contributed by atoms with Gasteiger partial charge in [-0.05, 0) is 53.1 Å². The number of carbonyl (C=O) groups excluding carboxylic acids is 1. The molecular formula is C21H22N2O3. The number of nitrogens with zero attached hydrogens (tertiary/aromatic N) is 1. The molecule has 0 bridgehead atoms. The van der Waals surface area contributed by atoms with Crippen LogP contribution in [0.3, 0.4) is 0 Å². The predicted octanol–water partition coefficient (Wildman–Crippen LogP) is 3.74. The van der Waals surface area contributed by atoms with Crippen molar-refractivity contribution in [3.8, 4) is 11.1 Å². The number of aliphatic carboxylic acids is 1. The summed E-state index contributed by atoms with van der Waals surface area (Å²) >= 11 is 0. The molecule has 2 N–H and O–H groups in total. The predicted molar refractivity (Wildman–Crippen MR) is 101 cm³/mol. The summed E-state index contributed by atoms with van der Waals surface area (Å²) in [6, 6.07) is 14.6. The number of nitrogens with one attached hydrogen (secondary N) is 1. The number of unbranched alkanes of at least 4 members (excludes halogenated alkanes) is 2. The van der Waals surface area contributed by atoms with E-state index < -0.39 is 5.97 Å². The van der Waals surface area contributed by atoms with Gasteiger partial charge in [0.1, 0.15) is 0 Å². The van der Waals surface area contributed by atoms with Crippen molar-refractivity contribution < 1.29 is 14.7 Å². The van der Waals surface area contributed by atoms with E-state index in [1.165, 1.54) is 22.3 Å². The van der Waals surface area contributed by atoms with Gasteiger partial charge in [-0.2, -0.15) is 5.10 Å². The largest absolute Gasteiger partial charge is 0.481 e. The molecule has 5 nitrogen and oxygen atoms in total. The Balaban J connectivity index is 1.47. The van der Waals surface area contributed by atoms with Gasteiger partial charge in [-0.25, -0.2) is 5.43 Å². The third-order valence-corrected chi connectivity index (χ3v) is 4.52. The number of benzene rings is 2. The first-order valence-corrected chi connectivity index (χ1v) is 8.88. The zero-order chi connectivity index (χ0) is 18.4. The number of fused-ring (bicyclic) bond motifs is 3. The van der Waals surface area contributed by atoms with Crippen molar-refractivity contribution in [2.45, 2.75) is 38.5 Å². The van der Waals surface area contributed by atoms with Crippen LogP contribution in [-0.4, -0.2) is 23.2 Å². The van der Waals surface area contributed by atoms with Crippen molar-refractivity contribution in [1.82, 2.24) is 5.43 Å². The third kappa shape index (κ3) is 4.57. The first-order valence-electron chi connectivity index (χ1n) is 8.88. The number of rotatable bonds is 8. The Bertz CT molecular complexity index is 843. The van der Waals surface area contributed by atoms with E-state index in [2.05, 4.69) is 46.9 Å². The number of carboxylic acid groups (broad SMARTS) is 1. The Morgan fingerprint density at radius 1 is 1.00 bits per heavy atom. The maximum absolute atomic E-state index is 11.7. The smallest absolute Gasteiger partial charge is 0.303 e. The molecule has 0 aromatic heterocycles. The molecule has 0 spiro atoms. The van der Waals surface area contributed by atoms with Gasteiger partial charge in [0.15, 0.2) is 0 Å². The van der Waals surface area contributed by atoms with Gasteiger partial charge in [0.05, 0.1) is 6.21 Å². The molecule has 0 fully saturated rings. The fourth-order valence-corrected chi connectivity index (χ4v) is 3.22. The Labute approximate surface area is 152 Å². The maximum atomic E-state index is 11.7. The first-order chi connectivity index (χ1) is 12.6. The van der Waals surface area contributed by atoms with Crippen LogP contribution in [0.15, 0.2) is 47.6 Å². The molecule has 3 rings (SSSR count). The van der Waals surface area contributed by atoms with Gasteiger partial charge in [-0.15, -0.1) is 0 Å². The average molecular weight is 350 g/mol. The van der Waals surface area contributed by atoms with Crippen LogP contribution in [0, 0.1) is 0 Å². The van der Waals surface area contributed by atoms with Crippen molar-refractivity contribution >= 4 is 18.1 Å². The molecule has 1 amide bonds. The van der Waals surface area contributed by atoms with Crippen LogP contribution in [0.5, 0.6) is 0 Å². The number of hydrogen-bond acceptors (Lipinski definition) is 3. The van der Waals surface area contributed by atoms with Crippen LogP contribution >= 0.6 is 0 Å². The van der Waals surface area contributed by atoms with E-state index in [9.17, 15) is 9.59 Å². The molecule has 1 aliphatic rings. The van der Waals surface area contributed by atoms with Crippen molar-refractivity contribution in [3.63, 3.8) is 0 Å². The quantitative estimate of drug-likeness (QED) is 0.369. The number of hydrazone groups is 1. The van der Waals surface area contributed by atoms with Gasteiger partial charge in [-0.3, -0.25) is 9.59 Å². The second-order valence-electron chi connectivity index (χ2n) is 6.50. The highest BCUT2D eigenvalue weighted by molar-refractivity contribution is 5.85. The summed E-state index contributed by atoms with van der Waals surface area (Å²) in [7, 11) is 0. The van der Waals surface area contributed by atoms with Gasteiger partial charge in [-0.1, -0.05) is 42.8 Å². The van der Waals surface area contributed by atoms with E-state index in [4.69, 9.17) is 5.11 Å². The van der Waals surface area contributed by atoms with E-state index in [1.807, 2.05) is 6.07 Å². The zero-order valence-electron chi connectivity index (χ0n) is 14.6. The fraction of sp³-hybridized carbons (Fsp3) is 0.286. The van der Waals surface area contributed by atoms with E-state index in [1.54, 1.807) is 6.21 Å². The number of carboxylic acids is 1. The van der Waals surface area contributed by atoms with Gasteiger partial charge >= 0.3 is 5.97 Å². The molecule has 5 heteroatoms. The Kier molecular flexibility index (Phi) is 5.79. The number of amides is 1.